The number of benzene rings is 3. The zero-order valence-electron chi connectivity index (χ0n) is 20.4. The van der Waals surface area contributed by atoms with E-state index in [4.69, 9.17) is 14.2 Å². The average molecular weight is 529 g/mol. The normalized spacial score (nSPS) is 16.9. The summed E-state index contributed by atoms with van der Waals surface area (Å²) in [5, 5.41) is 11.4. The largest absolute Gasteiger partial charge is 0.573 e. The van der Waals surface area contributed by atoms with Gasteiger partial charge in [0.05, 0.1) is 38.5 Å². The number of ketones is 1. The van der Waals surface area contributed by atoms with Crippen LogP contribution in [0.5, 0.6) is 23.0 Å². The Morgan fingerprint density at radius 2 is 1.50 bits per heavy atom. The summed E-state index contributed by atoms with van der Waals surface area (Å²) < 4.78 is 58.4. The van der Waals surface area contributed by atoms with E-state index in [0.717, 1.165) is 17.0 Å². The Morgan fingerprint density at radius 1 is 0.842 bits per heavy atom. The maximum Gasteiger partial charge on any atom is 0.573 e. The molecule has 0 bridgehead atoms. The summed E-state index contributed by atoms with van der Waals surface area (Å²) in [6.07, 6.45) is -4.97. The number of carbonyl (C=O) groups is 2. The van der Waals surface area contributed by atoms with E-state index in [1.54, 1.807) is 24.3 Å². The molecule has 1 aliphatic heterocycles. The molecule has 198 valence electrons. The predicted octanol–water partition coefficient (Wildman–Crippen LogP) is 5.24. The molecule has 1 N–H and O–H groups in total. The summed E-state index contributed by atoms with van der Waals surface area (Å²) >= 11 is 0. The van der Waals surface area contributed by atoms with Crippen molar-refractivity contribution in [2.24, 2.45) is 0 Å². The number of methoxy groups -OCH3 is 3. The third-order valence-electron chi connectivity index (χ3n) is 5.85. The highest BCUT2D eigenvalue weighted by atomic mass is 19.4. The summed E-state index contributed by atoms with van der Waals surface area (Å²) in [6, 6.07) is 14.3. The second kappa shape index (κ2) is 10.4. The number of hydrogen-bond donors (Lipinski definition) is 1. The fourth-order valence-electron chi connectivity index (χ4n) is 4.20. The number of halogens is 3. The lowest BCUT2D eigenvalue weighted by molar-refractivity contribution is -0.274. The number of alkyl halides is 3. The van der Waals surface area contributed by atoms with Crippen molar-refractivity contribution in [1.29, 1.82) is 0 Å². The lowest BCUT2D eigenvalue weighted by Gasteiger charge is -2.26. The van der Waals surface area contributed by atoms with Gasteiger partial charge in [-0.2, -0.15) is 0 Å². The van der Waals surface area contributed by atoms with Gasteiger partial charge in [0.15, 0.2) is 0 Å². The van der Waals surface area contributed by atoms with Crippen molar-refractivity contribution in [3.8, 4) is 23.0 Å². The van der Waals surface area contributed by atoms with Gasteiger partial charge >= 0.3 is 6.36 Å². The molecule has 1 atom stereocenters. The molecule has 8 nitrogen and oxygen atoms in total. The predicted molar refractivity (Wildman–Crippen MR) is 130 cm³/mol. The van der Waals surface area contributed by atoms with Crippen molar-refractivity contribution in [3.05, 3.63) is 83.4 Å². The molecule has 3 aromatic carbocycles. The molecule has 1 unspecified atom stereocenters. The number of aliphatic hydroxyl groups excluding tert-OH is 1. The quantitative estimate of drug-likeness (QED) is 0.254. The van der Waals surface area contributed by atoms with Crippen molar-refractivity contribution in [2.75, 3.05) is 26.2 Å². The standard InChI is InChI=1S/C27H22F3NO7/c1-35-17-8-4-6-15(12-17)23-22(24(32)20-11-10-18(36-2)14-21(20)37-3)25(33)26(34)31(23)16-7-5-9-19(13-16)38-27(28,29)30/h4-14,23,32H,1-3H3/b24-22-. The van der Waals surface area contributed by atoms with Crippen LogP contribution in [0.3, 0.4) is 0 Å². The van der Waals surface area contributed by atoms with E-state index in [1.165, 1.54) is 51.7 Å². The molecule has 38 heavy (non-hydrogen) atoms. The molecule has 1 aliphatic rings. The van der Waals surface area contributed by atoms with Gasteiger partial charge in [-0.25, -0.2) is 0 Å². The van der Waals surface area contributed by atoms with Crippen LogP contribution >= 0.6 is 0 Å². The number of aliphatic hydroxyl groups is 1. The fourth-order valence-corrected chi connectivity index (χ4v) is 4.20. The molecule has 3 aromatic rings. The van der Waals surface area contributed by atoms with Crippen LogP contribution in [0.1, 0.15) is 17.2 Å². The molecule has 1 heterocycles. The van der Waals surface area contributed by atoms with Gasteiger partial charge in [-0.05, 0) is 42.0 Å². The number of hydrogen-bond acceptors (Lipinski definition) is 7. The first kappa shape index (κ1) is 26.4. The molecule has 1 fully saturated rings. The number of amides is 1. The molecule has 4 rings (SSSR count). The zero-order chi connectivity index (χ0) is 27.6. The van der Waals surface area contributed by atoms with E-state index in [0.29, 0.717) is 17.1 Å². The molecule has 0 saturated carbocycles. The van der Waals surface area contributed by atoms with E-state index >= 15 is 0 Å². The number of rotatable bonds is 7. The van der Waals surface area contributed by atoms with E-state index < -0.39 is 35.6 Å². The molecule has 1 amide bonds. The van der Waals surface area contributed by atoms with Gasteiger partial charge < -0.3 is 24.1 Å². The van der Waals surface area contributed by atoms with Gasteiger partial charge in [0.1, 0.15) is 28.8 Å². The van der Waals surface area contributed by atoms with Crippen LogP contribution in [0.4, 0.5) is 18.9 Å². The van der Waals surface area contributed by atoms with Gasteiger partial charge in [-0.15, -0.1) is 13.2 Å². The second-order valence-electron chi connectivity index (χ2n) is 8.06. The second-order valence-corrected chi connectivity index (χ2v) is 8.06. The van der Waals surface area contributed by atoms with E-state index in [1.807, 2.05) is 0 Å². The lowest BCUT2D eigenvalue weighted by atomic mass is 9.94. The number of nitrogens with zero attached hydrogens (tertiary/aromatic N) is 1. The van der Waals surface area contributed by atoms with Crippen LogP contribution in [-0.4, -0.2) is 44.5 Å². The van der Waals surface area contributed by atoms with E-state index in [9.17, 15) is 27.9 Å². The maximum absolute atomic E-state index is 13.4. The smallest absolute Gasteiger partial charge is 0.507 e. The first-order valence-electron chi connectivity index (χ1n) is 11.1. The first-order chi connectivity index (χ1) is 18.1. The van der Waals surface area contributed by atoms with Crippen molar-refractivity contribution in [1.82, 2.24) is 0 Å². The van der Waals surface area contributed by atoms with Gasteiger partial charge in [0.25, 0.3) is 11.7 Å². The van der Waals surface area contributed by atoms with Gasteiger partial charge in [-0.1, -0.05) is 18.2 Å². The number of carbonyl (C=O) groups excluding carboxylic acids is 2. The minimum absolute atomic E-state index is 0.0533. The first-order valence-corrected chi connectivity index (χ1v) is 11.1. The maximum atomic E-state index is 13.4. The summed E-state index contributed by atoms with van der Waals surface area (Å²) in [4.78, 5) is 27.7. The summed E-state index contributed by atoms with van der Waals surface area (Å²) in [7, 11) is 4.23. The Balaban J connectivity index is 1.94. The highest BCUT2D eigenvalue weighted by Crippen LogP contribution is 2.45. The summed E-state index contributed by atoms with van der Waals surface area (Å²) in [5.41, 5.74) is 0.115. The molecular formula is C27H22F3NO7. The average Bonchev–Trinajstić information content (AvgIpc) is 3.17. The Kier molecular flexibility index (Phi) is 7.20. The molecule has 0 radical (unpaired) electrons. The van der Waals surface area contributed by atoms with Crippen LogP contribution in [0, 0.1) is 0 Å². The topological polar surface area (TPSA) is 94.5 Å². The van der Waals surface area contributed by atoms with Crippen molar-refractivity contribution in [3.63, 3.8) is 0 Å². The van der Waals surface area contributed by atoms with E-state index in [2.05, 4.69) is 4.74 Å². The van der Waals surface area contributed by atoms with Gasteiger partial charge in [0, 0.05) is 17.8 Å². The van der Waals surface area contributed by atoms with E-state index in [-0.39, 0.29) is 22.6 Å². The molecule has 1 saturated heterocycles. The highest BCUT2D eigenvalue weighted by Gasteiger charge is 2.47. The summed E-state index contributed by atoms with van der Waals surface area (Å²) in [6.45, 7) is 0. The molecule has 11 heteroatoms. The lowest BCUT2D eigenvalue weighted by Crippen LogP contribution is -2.29. The van der Waals surface area contributed by atoms with Gasteiger partial charge in [-0.3, -0.25) is 14.5 Å². The summed E-state index contributed by atoms with van der Waals surface area (Å²) in [5.74, 6) is -2.25. The Morgan fingerprint density at radius 3 is 2.16 bits per heavy atom. The number of ether oxygens (including phenoxy) is 4. The van der Waals surface area contributed by atoms with Crippen molar-refractivity contribution >= 4 is 23.1 Å². The number of anilines is 1. The zero-order valence-corrected chi connectivity index (χ0v) is 20.4. The van der Waals surface area contributed by atoms with Crippen molar-refractivity contribution in [2.45, 2.75) is 12.4 Å². The third kappa shape index (κ3) is 5.08. The van der Waals surface area contributed by atoms with Gasteiger partial charge in [0.2, 0.25) is 0 Å². The minimum atomic E-state index is -4.97. The molecule has 0 aromatic heterocycles. The Bertz CT molecular complexity index is 1420. The SMILES string of the molecule is COc1cccc(C2/C(=C(/O)c3ccc(OC)cc3OC)C(=O)C(=O)N2c2cccc(OC(F)(F)F)c2)c1. The molecular weight excluding hydrogens is 507 g/mol. The van der Waals surface area contributed by atoms with Crippen LogP contribution in [-0.2, 0) is 9.59 Å². The highest BCUT2D eigenvalue weighted by molar-refractivity contribution is 6.51. The monoisotopic (exact) mass is 529 g/mol. The van der Waals surface area contributed by atoms with Crippen LogP contribution < -0.4 is 23.8 Å². The van der Waals surface area contributed by atoms with Crippen LogP contribution in [0.15, 0.2) is 72.3 Å². The third-order valence-corrected chi connectivity index (χ3v) is 5.85. The minimum Gasteiger partial charge on any atom is -0.507 e. The molecule has 0 spiro atoms. The fraction of sp³-hybridized carbons (Fsp3) is 0.185. The Labute approximate surface area is 215 Å². The molecule has 0 aliphatic carbocycles. The van der Waals surface area contributed by atoms with Crippen LogP contribution in [0.2, 0.25) is 0 Å². The van der Waals surface area contributed by atoms with Crippen molar-refractivity contribution < 1.29 is 46.8 Å². The van der Waals surface area contributed by atoms with Crippen LogP contribution in [0.25, 0.3) is 5.76 Å². The Hall–Kier alpha value is -4.67. The number of Topliss-reactive ketones (excluding diaryl/α,β-unsaturated/α-hetero) is 1.